The molecular weight excluding hydrogens is 174 g/mol. The molecule has 14 heavy (non-hydrogen) atoms. The van der Waals surface area contributed by atoms with Crippen molar-refractivity contribution in [3.05, 3.63) is 0 Å². The van der Waals surface area contributed by atoms with Crippen LogP contribution in [0.15, 0.2) is 0 Å². The Morgan fingerprint density at radius 1 is 0.929 bits per heavy atom. The largest absolute Gasteiger partial charge is 0.378 e. The van der Waals surface area contributed by atoms with Crippen molar-refractivity contribution in [1.82, 2.24) is 4.90 Å². The van der Waals surface area contributed by atoms with Crippen LogP contribution in [0.3, 0.4) is 0 Å². The van der Waals surface area contributed by atoms with Gasteiger partial charge in [0.1, 0.15) is 6.23 Å². The molecule has 0 aromatic carbocycles. The standard InChI is InChI=1S/C12H27NO/c1-5-8-11(9-6-2)13(4)12(14)10-7-3/h11-12,14H,5-10H2,1-4H3. The average molecular weight is 201 g/mol. The third-order valence-corrected chi connectivity index (χ3v) is 2.84. The molecule has 1 N–H and O–H groups in total. The van der Waals surface area contributed by atoms with Gasteiger partial charge in [0.2, 0.25) is 0 Å². The second-order valence-corrected chi connectivity index (χ2v) is 4.17. The van der Waals surface area contributed by atoms with Crippen LogP contribution in [0.4, 0.5) is 0 Å². The monoisotopic (exact) mass is 201 g/mol. The maximum atomic E-state index is 9.87. The van der Waals surface area contributed by atoms with Gasteiger partial charge in [-0.3, -0.25) is 4.90 Å². The summed E-state index contributed by atoms with van der Waals surface area (Å²) in [6, 6.07) is 0.562. The number of hydrogen-bond acceptors (Lipinski definition) is 2. The number of rotatable bonds is 8. The van der Waals surface area contributed by atoms with Crippen LogP contribution in [-0.2, 0) is 0 Å². The molecule has 0 saturated heterocycles. The average Bonchev–Trinajstić information content (AvgIpc) is 2.17. The van der Waals surface area contributed by atoms with Crippen molar-refractivity contribution >= 4 is 0 Å². The first-order valence-electron chi connectivity index (χ1n) is 6.07. The fraction of sp³-hybridized carbons (Fsp3) is 1.00. The SMILES string of the molecule is CCCC(O)N(C)C(CCC)CCC. The van der Waals surface area contributed by atoms with E-state index < -0.39 is 0 Å². The van der Waals surface area contributed by atoms with Gasteiger partial charge in [0.15, 0.2) is 0 Å². The zero-order valence-electron chi connectivity index (χ0n) is 10.3. The van der Waals surface area contributed by atoms with E-state index in [0.29, 0.717) is 6.04 Å². The maximum Gasteiger partial charge on any atom is 0.107 e. The highest BCUT2D eigenvalue weighted by Gasteiger charge is 2.18. The van der Waals surface area contributed by atoms with E-state index in [1.165, 1.54) is 25.7 Å². The molecule has 0 aliphatic rings. The highest BCUT2D eigenvalue weighted by atomic mass is 16.3. The Kier molecular flexibility index (Phi) is 8.20. The summed E-state index contributed by atoms with van der Waals surface area (Å²) in [5, 5.41) is 9.87. The lowest BCUT2D eigenvalue weighted by Crippen LogP contribution is -2.40. The summed E-state index contributed by atoms with van der Waals surface area (Å²) >= 11 is 0. The first-order valence-corrected chi connectivity index (χ1v) is 6.07. The summed E-state index contributed by atoms with van der Waals surface area (Å²) in [5.41, 5.74) is 0. The minimum Gasteiger partial charge on any atom is -0.378 e. The van der Waals surface area contributed by atoms with Gasteiger partial charge in [-0.25, -0.2) is 0 Å². The van der Waals surface area contributed by atoms with Gasteiger partial charge in [0.05, 0.1) is 0 Å². The van der Waals surface area contributed by atoms with E-state index in [-0.39, 0.29) is 6.23 Å². The van der Waals surface area contributed by atoms with Gasteiger partial charge in [0.25, 0.3) is 0 Å². The molecule has 2 nitrogen and oxygen atoms in total. The zero-order valence-corrected chi connectivity index (χ0v) is 10.3. The molecule has 86 valence electrons. The van der Waals surface area contributed by atoms with Crippen molar-refractivity contribution in [2.24, 2.45) is 0 Å². The van der Waals surface area contributed by atoms with Crippen LogP contribution in [0.25, 0.3) is 0 Å². The van der Waals surface area contributed by atoms with Gasteiger partial charge in [-0.05, 0) is 26.3 Å². The summed E-state index contributed by atoms with van der Waals surface area (Å²) in [4.78, 5) is 2.15. The van der Waals surface area contributed by atoms with E-state index in [1.54, 1.807) is 0 Å². The lowest BCUT2D eigenvalue weighted by Gasteiger charge is -2.31. The fourth-order valence-electron chi connectivity index (χ4n) is 1.92. The molecule has 0 bridgehead atoms. The van der Waals surface area contributed by atoms with Crippen LogP contribution < -0.4 is 0 Å². The molecule has 0 aromatic heterocycles. The third-order valence-electron chi connectivity index (χ3n) is 2.84. The van der Waals surface area contributed by atoms with Crippen molar-refractivity contribution < 1.29 is 5.11 Å². The van der Waals surface area contributed by atoms with Crippen LogP contribution >= 0.6 is 0 Å². The van der Waals surface area contributed by atoms with Gasteiger partial charge >= 0.3 is 0 Å². The third kappa shape index (κ3) is 4.97. The van der Waals surface area contributed by atoms with Gasteiger partial charge in [-0.1, -0.05) is 40.0 Å². The molecule has 0 heterocycles. The quantitative estimate of drug-likeness (QED) is 0.610. The molecule has 1 atom stereocenters. The Morgan fingerprint density at radius 2 is 1.36 bits per heavy atom. The number of aliphatic hydroxyl groups is 1. The molecular formula is C12H27NO. The molecule has 0 saturated carbocycles. The highest BCUT2D eigenvalue weighted by Crippen LogP contribution is 2.15. The molecule has 0 aromatic rings. The first-order chi connectivity index (χ1) is 6.67. The fourth-order valence-corrected chi connectivity index (χ4v) is 1.92. The molecule has 0 spiro atoms. The summed E-state index contributed by atoms with van der Waals surface area (Å²) in [7, 11) is 2.05. The molecule has 0 radical (unpaired) electrons. The zero-order chi connectivity index (χ0) is 11.0. The van der Waals surface area contributed by atoms with Crippen molar-refractivity contribution in [3.8, 4) is 0 Å². The van der Waals surface area contributed by atoms with Crippen LogP contribution in [0.2, 0.25) is 0 Å². The Labute approximate surface area is 89.3 Å². The predicted molar refractivity (Wildman–Crippen MR) is 62.3 cm³/mol. The molecule has 2 heteroatoms. The minimum absolute atomic E-state index is 0.247. The van der Waals surface area contributed by atoms with Gasteiger partial charge in [-0.15, -0.1) is 0 Å². The Morgan fingerprint density at radius 3 is 1.71 bits per heavy atom. The summed E-state index contributed by atoms with van der Waals surface area (Å²) in [5.74, 6) is 0. The maximum absolute atomic E-state index is 9.87. The van der Waals surface area contributed by atoms with Gasteiger partial charge < -0.3 is 5.11 Å². The highest BCUT2D eigenvalue weighted by molar-refractivity contribution is 4.70. The van der Waals surface area contributed by atoms with Crippen molar-refractivity contribution in [1.29, 1.82) is 0 Å². The van der Waals surface area contributed by atoms with Crippen molar-refractivity contribution in [3.63, 3.8) is 0 Å². The van der Waals surface area contributed by atoms with Crippen molar-refractivity contribution in [2.45, 2.75) is 71.6 Å². The second-order valence-electron chi connectivity index (χ2n) is 4.17. The van der Waals surface area contributed by atoms with Crippen LogP contribution in [-0.4, -0.2) is 29.3 Å². The van der Waals surface area contributed by atoms with Crippen LogP contribution in [0.5, 0.6) is 0 Å². The summed E-state index contributed by atoms with van der Waals surface area (Å²) < 4.78 is 0. The summed E-state index contributed by atoms with van der Waals surface area (Å²) in [6.45, 7) is 6.54. The molecule has 0 fully saturated rings. The number of aliphatic hydroxyl groups excluding tert-OH is 1. The van der Waals surface area contributed by atoms with E-state index in [2.05, 4.69) is 32.7 Å². The van der Waals surface area contributed by atoms with E-state index in [0.717, 1.165) is 12.8 Å². The van der Waals surface area contributed by atoms with E-state index in [1.807, 2.05) is 0 Å². The lowest BCUT2D eigenvalue weighted by atomic mass is 10.0. The number of hydrogen-bond donors (Lipinski definition) is 1. The molecule has 0 amide bonds. The topological polar surface area (TPSA) is 23.5 Å². The van der Waals surface area contributed by atoms with Gasteiger partial charge in [-0.2, -0.15) is 0 Å². The van der Waals surface area contributed by atoms with E-state index in [4.69, 9.17) is 0 Å². The summed E-state index contributed by atoms with van der Waals surface area (Å²) in [6.07, 6.45) is 6.50. The predicted octanol–water partition coefficient (Wildman–Crippen LogP) is 3.01. The van der Waals surface area contributed by atoms with Crippen LogP contribution in [0, 0.1) is 0 Å². The molecule has 1 unspecified atom stereocenters. The Hall–Kier alpha value is -0.0800. The normalized spacial score (nSPS) is 13.9. The molecule has 0 rings (SSSR count). The Balaban J connectivity index is 4.03. The number of nitrogens with zero attached hydrogens (tertiary/aromatic N) is 1. The smallest absolute Gasteiger partial charge is 0.107 e. The molecule has 0 aliphatic heterocycles. The molecule has 0 aliphatic carbocycles. The van der Waals surface area contributed by atoms with E-state index >= 15 is 0 Å². The Bertz CT molecular complexity index is 121. The second kappa shape index (κ2) is 8.25. The van der Waals surface area contributed by atoms with Gasteiger partial charge in [0, 0.05) is 6.04 Å². The van der Waals surface area contributed by atoms with Crippen molar-refractivity contribution in [2.75, 3.05) is 7.05 Å². The van der Waals surface area contributed by atoms with Crippen LogP contribution in [0.1, 0.15) is 59.3 Å². The van der Waals surface area contributed by atoms with E-state index in [9.17, 15) is 5.11 Å². The first kappa shape index (κ1) is 13.9. The lowest BCUT2D eigenvalue weighted by molar-refractivity contribution is -0.0167. The minimum atomic E-state index is -0.247.